The maximum absolute atomic E-state index is 12.6. The van der Waals surface area contributed by atoms with E-state index in [2.05, 4.69) is 10.4 Å². The molecule has 1 aliphatic heterocycles. The van der Waals surface area contributed by atoms with Crippen LogP contribution in [0, 0.1) is 0 Å². The van der Waals surface area contributed by atoms with Gasteiger partial charge in [-0.25, -0.2) is 4.79 Å². The molecule has 1 N–H and O–H groups in total. The summed E-state index contributed by atoms with van der Waals surface area (Å²) in [6, 6.07) is 12.1. The van der Waals surface area contributed by atoms with Gasteiger partial charge in [-0.2, -0.15) is 5.10 Å². The first-order valence-corrected chi connectivity index (χ1v) is 9.75. The van der Waals surface area contributed by atoms with E-state index in [1.54, 1.807) is 48.3 Å². The van der Waals surface area contributed by atoms with Crippen LogP contribution in [0.4, 0.5) is 5.69 Å². The van der Waals surface area contributed by atoms with E-state index in [9.17, 15) is 9.59 Å². The van der Waals surface area contributed by atoms with Gasteiger partial charge in [0.25, 0.3) is 5.91 Å². The first-order chi connectivity index (χ1) is 15.0. The van der Waals surface area contributed by atoms with Crippen molar-refractivity contribution >= 4 is 23.6 Å². The van der Waals surface area contributed by atoms with E-state index in [1.165, 1.54) is 6.20 Å². The molecule has 31 heavy (non-hydrogen) atoms. The Kier molecular flexibility index (Phi) is 5.70. The van der Waals surface area contributed by atoms with Gasteiger partial charge in [0.1, 0.15) is 12.4 Å². The molecule has 0 fully saturated rings. The third-order valence-corrected chi connectivity index (χ3v) is 4.56. The minimum absolute atomic E-state index is 0.0924. The number of hydrogen-bond donors (Lipinski definition) is 1. The Hall–Kier alpha value is -4.07. The summed E-state index contributed by atoms with van der Waals surface area (Å²) < 4.78 is 18.3. The van der Waals surface area contributed by atoms with Gasteiger partial charge in [-0.1, -0.05) is 12.1 Å². The second-order valence-electron chi connectivity index (χ2n) is 6.84. The number of anilines is 1. The van der Waals surface area contributed by atoms with E-state index >= 15 is 0 Å². The van der Waals surface area contributed by atoms with Crippen molar-refractivity contribution < 1.29 is 23.8 Å². The van der Waals surface area contributed by atoms with Gasteiger partial charge in [-0.15, -0.1) is 0 Å². The van der Waals surface area contributed by atoms with E-state index in [-0.39, 0.29) is 12.5 Å². The predicted molar refractivity (Wildman–Crippen MR) is 114 cm³/mol. The highest BCUT2D eigenvalue weighted by atomic mass is 16.5. The Labute approximate surface area is 179 Å². The molecule has 0 saturated heterocycles. The zero-order valence-corrected chi connectivity index (χ0v) is 17.1. The second-order valence-corrected chi connectivity index (χ2v) is 6.84. The third-order valence-electron chi connectivity index (χ3n) is 4.56. The Morgan fingerprint density at radius 2 is 2.00 bits per heavy atom. The monoisotopic (exact) mass is 419 g/mol. The summed E-state index contributed by atoms with van der Waals surface area (Å²) in [5.41, 5.74) is 2.19. The number of para-hydroxylation sites is 1. The van der Waals surface area contributed by atoms with Gasteiger partial charge in [0.2, 0.25) is 0 Å². The molecule has 0 unspecified atom stereocenters. The summed E-state index contributed by atoms with van der Waals surface area (Å²) >= 11 is 0. The highest BCUT2D eigenvalue weighted by Crippen LogP contribution is 2.36. The molecule has 4 rings (SSSR count). The lowest BCUT2D eigenvalue weighted by atomic mass is 10.1. The number of ether oxygens (including phenoxy) is 3. The summed E-state index contributed by atoms with van der Waals surface area (Å²) in [4.78, 5) is 24.7. The predicted octanol–water partition coefficient (Wildman–Crippen LogP) is 3.45. The lowest BCUT2D eigenvalue weighted by Crippen LogP contribution is -2.19. The minimum Gasteiger partial charge on any atom is -0.490 e. The number of hydrogen-bond acceptors (Lipinski definition) is 6. The number of amides is 1. The number of carbonyl (C=O) groups is 2. The second kappa shape index (κ2) is 8.74. The quantitative estimate of drug-likeness (QED) is 0.486. The Morgan fingerprint density at radius 1 is 1.19 bits per heavy atom. The van der Waals surface area contributed by atoms with E-state index < -0.39 is 5.97 Å². The van der Waals surface area contributed by atoms with Crippen LogP contribution in [0.15, 0.2) is 60.4 Å². The zero-order chi connectivity index (χ0) is 21.8. The van der Waals surface area contributed by atoms with E-state index in [4.69, 9.17) is 14.2 Å². The molecular weight excluding hydrogens is 398 g/mol. The molecule has 0 atom stereocenters. The molecule has 0 saturated carbocycles. The van der Waals surface area contributed by atoms with Crippen LogP contribution in [0.1, 0.15) is 22.8 Å². The zero-order valence-electron chi connectivity index (χ0n) is 17.1. The molecule has 158 valence electrons. The van der Waals surface area contributed by atoms with E-state index in [0.717, 1.165) is 5.56 Å². The molecule has 0 spiro atoms. The number of benzene rings is 2. The van der Waals surface area contributed by atoms with Crippen molar-refractivity contribution in [1.29, 1.82) is 0 Å². The number of nitrogens with zero attached hydrogens (tertiary/aromatic N) is 2. The highest BCUT2D eigenvalue weighted by Gasteiger charge is 2.21. The molecule has 1 amide bonds. The Balaban J connectivity index is 1.41. The van der Waals surface area contributed by atoms with Crippen LogP contribution in [0.5, 0.6) is 17.2 Å². The van der Waals surface area contributed by atoms with Crippen LogP contribution in [-0.4, -0.2) is 34.9 Å². The molecule has 8 nitrogen and oxygen atoms in total. The van der Waals surface area contributed by atoms with Crippen molar-refractivity contribution in [3.8, 4) is 17.2 Å². The summed E-state index contributed by atoms with van der Waals surface area (Å²) in [6.45, 7) is 2.52. The molecule has 2 aromatic carbocycles. The van der Waals surface area contributed by atoms with Gasteiger partial charge in [0, 0.05) is 24.5 Å². The van der Waals surface area contributed by atoms with Gasteiger partial charge in [0.15, 0.2) is 11.5 Å². The Bertz CT molecular complexity index is 1150. The topological polar surface area (TPSA) is 91.7 Å². The molecule has 0 radical (unpaired) electrons. The van der Waals surface area contributed by atoms with Crippen molar-refractivity contribution in [1.82, 2.24) is 9.78 Å². The summed E-state index contributed by atoms with van der Waals surface area (Å²) in [6.07, 6.45) is 4.86. The summed E-state index contributed by atoms with van der Waals surface area (Å²) in [5.74, 6) is 0.855. The van der Waals surface area contributed by atoms with Crippen LogP contribution in [0.3, 0.4) is 0 Å². The maximum atomic E-state index is 12.6. The molecule has 1 aliphatic rings. The molecule has 0 aliphatic carbocycles. The van der Waals surface area contributed by atoms with Crippen LogP contribution >= 0.6 is 0 Å². The average molecular weight is 419 g/mol. The molecule has 2 heterocycles. The van der Waals surface area contributed by atoms with Crippen molar-refractivity contribution in [2.24, 2.45) is 7.05 Å². The van der Waals surface area contributed by atoms with Gasteiger partial charge in [-0.05, 0) is 43.3 Å². The smallest absolute Gasteiger partial charge is 0.342 e. The van der Waals surface area contributed by atoms with Crippen molar-refractivity contribution in [2.75, 3.05) is 18.5 Å². The van der Waals surface area contributed by atoms with Crippen LogP contribution in [0.25, 0.3) is 6.08 Å². The van der Waals surface area contributed by atoms with Crippen LogP contribution in [-0.2, 0) is 11.8 Å². The van der Waals surface area contributed by atoms with Gasteiger partial charge in [-0.3, -0.25) is 9.48 Å². The van der Waals surface area contributed by atoms with Crippen LogP contribution < -0.4 is 19.5 Å². The molecule has 8 heteroatoms. The van der Waals surface area contributed by atoms with Gasteiger partial charge >= 0.3 is 5.97 Å². The van der Waals surface area contributed by atoms with Gasteiger partial charge in [0.05, 0.1) is 23.9 Å². The standard InChI is InChI=1S/C23H21N3O5/c1-3-29-20-6-4-5-15-11-16(14-30-21(15)20)23(28)31-19-9-7-18(8-10-19)25-22(27)17-12-24-26(2)13-17/h4-13H,3,14H2,1-2H3,(H,25,27). The number of esters is 1. The lowest BCUT2D eigenvalue weighted by molar-refractivity contribution is -0.130. The SMILES string of the molecule is CCOc1cccc2c1OCC(C(=O)Oc1ccc(NC(=O)c3cnn(C)c3)cc1)=C2. The first-order valence-electron chi connectivity index (χ1n) is 9.75. The minimum atomic E-state index is -0.500. The normalized spacial score (nSPS) is 12.3. The number of carbonyl (C=O) groups excluding carboxylic acids is 2. The van der Waals surface area contributed by atoms with Crippen molar-refractivity contribution in [2.45, 2.75) is 6.92 Å². The average Bonchev–Trinajstić information content (AvgIpc) is 3.21. The van der Waals surface area contributed by atoms with E-state index in [0.29, 0.717) is 40.7 Å². The van der Waals surface area contributed by atoms with Crippen LogP contribution in [0.2, 0.25) is 0 Å². The first kappa shape index (κ1) is 20.2. The fourth-order valence-corrected chi connectivity index (χ4v) is 3.09. The number of aromatic nitrogens is 2. The number of nitrogens with one attached hydrogen (secondary N) is 1. The maximum Gasteiger partial charge on any atom is 0.342 e. The summed E-state index contributed by atoms with van der Waals surface area (Å²) in [5, 5.41) is 6.74. The fourth-order valence-electron chi connectivity index (χ4n) is 3.09. The van der Waals surface area contributed by atoms with Gasteiger partial charge < -0.3 is 19.5 Å². The van der Waals surface area contributed by atoms with E-state index in [1.807, 2.05) is 25.1 Å². The molecule has 0 bridgehead atoms. The fraction of sp³-hybridized carbons (Fsp3) is 0.174. The molecule has 3 aromatic rings. The Morgan fingerprint density at radius 3 is 2.71 bits per heavy atom. The lowest BCUT2D eigenvalue weighted by Gasteiger charge is -2.19. The highest BCUT2D eigenvalue weighted by molar-refractivity contribution is 6.04. The van der Waals surface area contributed by atoms with Crippen molar-refractivity contribution in [3.63, 3.8) is 0 Å². The van der Waals surface area contributed by atoms with Crippen molar-refractivity contribution in [3.05, 3.63) is 71.6 Å². The third kappa shape index (κ3) is 4.58. The molecular formula is C23H21N3O5. The number of rotatable bonds is 6. The molecule has 1 aromatic heterocycles. The summed E-state index contributed by atoms with van der Waals surface area (Å²) in [7, 11) is 1.74. The largest absolute Gasteiger partial charge is 0.490 e. The number of fused-ring (bicyclic) bond motifs is 1. The number of aryl methyl sites for hydroxylation is 1.